The zero-order valence-corrected chi connectivity index (χ0v) is 16.4. The highest BCUT2D eigenvalue weighted by Gasteiger charge is 2.18. The lowest BCUT2D eigenvalue weighted by atomic mass is 10.1. The van der Waals surface area contributed by atoms with Crippen molar-refractivity contribution in [2.24, 2.45) is 0 Å². The van der Waals surface area contributed by atoms with Gasteiger partial charge in [0.1, 0.15) is 5.69 Å². The summed E-state index contributed by atoms with van der Waals surface area (Å²) < 4.78 is 9.30. The van der Waals surface area contributed by atoms with Crippen molar-refractivity contribution in [2.45, 2.75) is 13.5 Å². The molecule has 0 atom stereocenters. The first kappa shape index (κ1) is 18.0. The number of hydrogen-bond acceptors (Lipinski definition) is 3. The van der Waals surface area contributed by atoms with E-state index in [9.17, 15) is 4.79 Å². The van der Waals surface area contributed by atoms with E-state index in [0.29, 0.717) is 17.8 Å². The molecule has 2 aromatic carbocycles. The zero-order valence-electron chi connectivity index (χ0n) is 16.4. The van der Waals surface area contributed by atoms with E-state index in [0.717, 1.165) is 22.5 Å². The molecule has 6 nitrogen and oxygen atoms in total. The summed E-state index contributed by atoms with van der Waals surface area (Å²) in [4.78, 5) is 13.1. The van der Waals surface area contributed by atoms with Gasteiger partial charge >= 0.3 is 0 Å². The maximum atomic E-state index is 13.1. The molecule has 30 heavy (non-hydrogen) atoms. The van der Waals surface area contributed by atoms with Crippen LogP contribution in [0.2, 0.25) is 0 Å². The largest absolute Gasteiger partial charge is 0.463 e. The first-order valence-electron chi connectivity index (χ1n) is 9.71. The van der Waals surface area contributed by atoms with Crippen molar-refractivity contribution in [1.29, 1.82) is 0 Å². The lowest BCUT2D eigenvalue weighted by Gasteiger charge is -2.11. The van der Waals surface area contributed by atoms with Crippen molar-refractivity contribution in [1.82, 2.24) is 14.3 Å². The molecule has 3 aromatic heterocycles. The summed E-state index contributed by atoms with van der Waals surface area (Å²) in [6.07, 6.45) is 5.25. The third-order valence-corrected chi connectivity index (χ3v) is 5.11. The third kappa shape index (κ3) is 3.39. The molecule has 6 heteroatoms. The van der Waals surface area contributed by atoms with Crippen LogP contribution in [0.1, 0.15) is 21.6 Å². The topological polar surface area (TPSA) is 65.0 Å². The first-order valence-corrected chi connectivity index (χ1v) is 9.71. The Morgan fingerprint density at radius 3 is 2.60 bits per heavy atom. The first-order chi connectivity index (χ1) is 14.7. The summed E-state index contributed by atoms with van der Waals surface area (Å²) in [6.45, 7) is 2.65. The Bertz CT molecular complexity index is 1290. The zero-order chi connectivity index (χ0) is 20.5. The van der Waals surface area contributed by atoms with Crippen LogP contribution in [0.5, 0.6) is 0 Å². The van der Waals surface area contributed by atoms with Crippen LogP contribution in [0.4, 0.5) is 5.69 Å². The smallest absolute Gasteiger partial charge is 0.272 e. The summed E-state index contributed by atoms with van der Waals surface area (Å²) in [6, 6.07) is 21.4. The van der Waals surface area contributed by atoms with Gasteiger partial charge in [0.15, 0.2) is 5.58 Å². The van der Waals surface area contributed by atoms with E-state index in [2.05, 4.69) is 41.6 Å². The van der Waals surface area contributed by atoms with Crippen LogP contribution in [0, 0.1) is 6.92 Å². The second kappa shape index (κ2) is 7.40. The lowest BCUT2D eigenvalue weighted by molar-refractivity contribution is 0.101. The van der Waals surface area contributed by atoms with Gasteiger partial charge in [0, 0.05) is 36.8 Å². The fraction of sp³-hybridized carbons (Fsp3) is 0.0833. The van der Waals surface area contributed by atoms with Crippen molar-refractivity contribution in [3.63, 3.8) is 0 Å². The summed E-state index contributed by atoms with van der Waals surface area (Å²) in [5.41, 5.74) is 6.12. The van der Waals surface area contributed by atoms with E-state index in [1.54, 1.807) is 23.2 Å². The number of nitrogens with one attached hydrogen (secondary N) is 1. The van der Waals surface area contributed by atoms with Gasteiger partial charge in [0.05, 0.1) is 17.5 Å². The Morgan fingerprint density at radius 2 is 1.87 bits per heavy atom. The number of hydrogen-bond donors (Lipinski definition) is 1. The molecule has 0 radical (unpaired) electrons. The van der Waals surface area contributed by atoms with E-state index in [-0.39, 0.29) is 5.91 Å². The number of fused-ring (bicyclic) bond motifs is 1. The minimum Gasteiger partial charge on any atom is -0.463 e. The highest BCUT2D eigenvalue weighted by molar-refractivity contribution is 6.05. The van der Waals surface area contributed by atoms with Crippen LogP contribution in [-0.2, 0) is 6.54 Å². The molecule has 0 aliphatic heterocycles. The molecule has 0 aliphatic rings. The molecule has 0 bridgehead atoms. The van der Waals surface area contributed by atoms with Gasteiger partial charge in [0.2, 0.25) is 0 Å². The molecule has 0 spiro atoms. The normalized spacial score (nSPS) is 11.1. The van der Waals surface area contributed by atoms with Gasteiger partial charge < -0.3 is 14.3 Å². The van der Waals surface area contributed by atoms with Gasteiger partial charge in [-0.1, -0.05) is 29.8 Å². The summed E-state index contributed by atoms with van der Waals surface area (Å²) in [5.74, 6) is -0.180. The van der Waals surface area contributed by atoms with Gasteiger partial charge in [-0.3, -0.25) is 4.79 Å². The second-order valence-electron chi connectivity index (χ2n) is 7.22. The number of benzene rings is 2. The molecule has 1 N–H and O–H groups in total. The number of furan rings is 1. The SMILES string of the molecule is Cc1ccc(Cn2c(C(=O)Nc3ccc(-n4cccn4)cc3)cc3occc32)cc1. The molecule has 0 saturated heterocycles. The van der Waals surface area contributed by atoms with E-state index in [1.165, 1.54) is 5.56 Å². The molecule has 5 rings (SSSR count). The number of anilines is 1. The summed E-state index contributed by atoms with van der Waals surface area (Å²) in [7, 11) is 0. The fourth-order valence-corrected chi connectivity index (χ4v) is 3.53. The number of aryl methyl sites for hydroxylation is 1. The second-order valence-corrected chi connectivity index (χ2v) is 7.22. The van der Waals surface area contributed by atoms with Gasteiger partial charge in [-0.25, -0.2) is 4.68 Å². The standard InChI is InChI=1S/C24H20N4O2/c1-17-3-5-18(6-4-17)16-27-21-11-14-30-23(21)15-22(27)24(29)26-19-7-9-20(10-8-19)28-13-2-12-25-28/h2-15H,16H2,1H3,(H,26,29). The Kier molecular flexibility index (Phi) is 4.44. The van der Waals surface area contributed by atoms with Crippen LogP contribution in [0.25, 0.3) is 16.8 Å². The predicted octanol–water partition coefficient (Wildman–Crippen LogP) is 5.03. The molecular weight excluding hydrogens is 376 g/mol. The van der Waals surface area contributed by atoms with Crippen molar-refractivity contribution >= 4 is 22.7 Å². The third-order valence-electron chi connectivity index (χ3n) is 5.11. The molecular formula is C24H20N4O2. The van der Waals surface area contributed by atoms with Gasteiger partial charge in [-0.05, 0) is 42.8 Å². The average molecular weight is 396 g/mol. The van der Waals surface area contributed by atoms with Crippen LogP contribution >= 0.6 is 0 Å². The molecule has 0 saturated carbocycles. The minimum atomic E-state index is -0.180. The van der Waals surface area contributed by atoms with Crippen LogP contribution in [-0.4, -0.2) is 20.3 Å². The Labute approximate surface area is 173 Å². The summed E-state index contributed by atoms with van der Waals surface area (Å²) in [5, 5.41) is 7.20. The molecule has 5 aromatic rings. The number of rotatable bonds is 5. The average Bonchev–Trinajstić information content (AvgIpc) is 3.49. The van der Waals surface area contributed by atoms with Gasteiger partial charge in [0.25, 0.3) is 5.91 Å². The molecule has 0 unspecified atom stereocenters. The predicted molar refractivity (Wildman–Crippen MR) is 116 cm³/mol. The number of aromatic nitrogens is 3. The monoisotopic (exact) mass is 396 g/mol. The molecule has 0 fully saturated rings. The molecule has 148 valence electrons. The van der Waals surface area contributed by atoms with Crippen LogP contribution in [0.15, 0.2) is 89.8 Å². The minimum absolute atomic E-state index is 0.180. The van der Waals surface area contributed by atoms with Crippen molar-refractivity contribution in [2.75, 3.05) is 5.32 Å². The summed E-state index contributed by atoms with van der Waals surface area (Å²) >= 11 is 0. The van der Waals surface area contributed by atoms with Gasteiger partial charge in [-0.15, -0.1) is 0 Å². The number of carbonyl (C=O) groups is 1. The maximum absolute atomic E-state index is 13.1. The van der Waals surface area contributed by atoms with Crippen molar-refractivity contribution < 1.29 is 9.21 Å². The Balaban J connectivity index is 1.42. The van der Waals surface area contributed by atoms with Crippen LogP contribution < -0.4 is 5.32 Å². The Hall–Kier alpha value is -4.06. The van der Waals surface area contributed by atoms with E-state index < -0.39 is 0 Å². The highest BCUT2D eigenvalue weighted by Crippen LogP contribution is 2.24. The Morgan fingerprint density at radius 1 is 1.07 bits per heavy atom. The van der Waals surface area contributed by atoms with Gasteiger partial charge in [-0.2, -0.15) is 5.10 Å². The molecule has 3 heterocycles. The van der Waals surface area contributed by atoms with Crippen molar-refractivity contribution in [3.05, 3.63) is 102 Å². The van der Waals surface area contributed by atoms with Crippen LogP contribution in [0.3, 0.4) is 0 Å². The van der Waals surface area contributed by atoms with E-state index in [4.69, 9.17) is 4.42 Å². The van der Waals surface area contributed by atoms with E-state index >= 15 is 0 Å². The molecule has 1 amide bonds. The number of amides is 1. The highest BCUT2D eigenvalue weighted by atomic mass is 16.3. The van der Waals surface area contributed by atoms with E-state index in [1.807, 2.05) is 47.2 Å². The number of nitrogens with zero attached hydrogens (tertiary/aromatic N) is 3. The van der Waals surface area contributed by atoms with Crippen molar-refractivity contribution in [3.8, 4) is 5.69 Å². The number of carbonyl (C=O) groups excluding carboxylic acids is 1. The quantitative estimate of drug-likeness (QED) is 0.453. The lowest BCUT2D eigenvalue weighted by Crippen LogP contribution is -2.17. The maximum Gasteiger partial charge on any atom is 0.272 e. The molecule has 0 aliphatic carbocycles. The fourth-order valence-electron chi connectivity index (χ4n) is 3.53.